The molecule has 1 heterocycles. The molecule has 2 N–H and O–H groups in total. The summed E-state index contributed by atoms with van der Waals surface area (Å²) in [5.41, 5.74) is 3.96. The molecule has 0 aliphatic heterocycles. The van der Waals surface area contributed by atoms with Crippen LogP contribution in [0.3, 0.4) is 0 Å². The molecule has 1 amide bonds. The Morgan fingerprint density at radius 1 is 1.00 bits per heavy atom. The van der Waals surface area contributed by atoms with Crippen molar-refractivity contribution in [3.8, 4) is 16.9 Å². The SMILES string of the molecule is O=C(Nc1cccc(CO)c1)c1cn(-c2ccccc2)nc1-c1ccc(Cl)cc1. The molecule has 0 spiro atoms. The molecular weight excluding hydrogens is 386 g/mol. The number of hydrogen-bond acceptors (Lipinski definition) is 3. The van der Waals surface area contributed by atoms with Gasteiger partial charge in [-0.3, -0.25) is 4.79 Å². The van der Waals surface area contributed by atoms with Gasteiger partial charge in [-0.05, 0) is 42.0 Å². The van der Waals surface area contributed by atoms with Crippen molar-refractivity contribution in [3.05, 3.63) is 101 Å². The van der Waals surface area contributed by atoms with Crippen LogP contribution in [-0.4, -0.2) is 20.8 Å². The molecule has 6 heteroatoms. The molecule has 144 valence electrons. The number of benzene rings is 3. The average molecular weight is 404 g/mol. The first-order valence-electron chi connectivity index (χ1n) is 9.06. The number of para-hydroxylation sites is 1. The third kappa shape index (κ3) is 4.21. The summed E-state index contributed by atoms with van der Waals surface area (Å²) in [4.78, 5) is 13.1. The van der Waals surface area contributed by atoms with Crippen molar-refractivity contribution in [2.45, 2.75) is 6.61 Å². The van der Waals surface area contributed by atoms with E-state index in [1.165, 1.54) is 0 Å². The highest BCUT2D eigenvalue weighted by atomic mass is 35.5. The highest BCUT2D eigenvalue weighted by molar-refractivity contribution is 6.30. The first-order chi connectivity index (χ1) is 14.1. The van der Waals surface area contributed by atoms with Gasteiger partial charge in [-0.25, -0.2) is 4.68 Å². The Balaban J connectivity index is 1.74. The summed E-state index contributed by atoms with van der Waals surface area (Å²) in [6.45, 7) is -0.0916. The van der Waals surface area contributed by atoms with Crippen molar-refractivity contribution in [1.82, 2.24) is 9.78 Å². The summed E-state index contributed by atoms with van der Waals surface area (Å²) in [5, 5.41) is 17.5. The van der Waals surface area contributed by atoms with E-state index in [9.17, 15) is 9.90 Å². The smallest absolute Gasteiger partial charge is 0.259 e. The standard InChI is InChI=1S/C23H18ClN3O2/c24-18-11-9-17(10-12-18)22-21(14-27(26-22)20-7-2-1-3-8-20)23(29)25-19-6-4-5-16(13-19)15-28/h1-14,28H,15H2,(H,25,29). The number of anilines is 1. The summed E-state index contributed by atoms with van der Waals surface area (Å²) in [6, 6.07) is 23.9. The molecular formula is C23H18ClN3O2. The number of nitrogens with one attached hydrogen (secondary N) is 1. The molecule has 0 fully saturated rings. The quantitative estimate of drug-likeness (QED) is 0.496. The van der Waals surface area contributed by atoms with E-state index >= 15 is 0 Å². The fourth-order valence-electron chi connectivity index (χ4n) is 3.02. The van der Waals surface area contributed by atoms with Crippen molar-refractivity contribution in [3.63, 3.8) is 0 Å². The molecule has 0 bridgehead atoms. The van der Waals surface area contributed by atoms with E-state index in [1.807, 2.05) is 42.5 Å². The molecule has 0 aliphatic rings. The lowest BCUT2D eigenvalue weighted by molar-refractivity contribution is 0.102. The minimum atomic E-state index is -0.285. The second-order valence-corrected chi connectivity index (χ2v) is 6.93. The van der Waals surface area contributed by atoms with Crippen molar-refractivity contribution >= 4 is 23.2 Å². The minimum absolute atomic E-state index is 0.0916. The first-order valence-corrected chi connectivity index (χ1v) is 9.44. The largest absolute Gasteiger partial charge is 0.392 e. The number of carbonyl (C=O) groups excluding carboxylic acids is 1. The number of amides is 1. The third-order valence-electron chi connectivity index (χ3n) is 4.46. The van der Waals surface area contributed by atoms with E-state index < -0.39 is 0 Å². The van der Waals surface area contributed by atoms with Gasteiger partial charge in [0.05, 0.1) is 17.9 Å². The van der Waals surface area contributed by atoms with Gasteiger partial charge in [0.25, 0.3) is 5.91 Å². The van der Waals surface area contributed by atoms with Crippen LogP contribution in [-0.2, 0) is 6.61 Å². The fraction of sp³-hybridized carbons (Fsp3) is 0.0435. The van der Waals surface area contributed by atoms with E-state index in [4.69, 9.17) is 11.6 Å². The number of nitrogens with zero attached hydrogens (tertiary/aromatic N) is 2. The van der Waals surface area contributed by atoms with E-state index in [0.717, 1.165) is 16.8 Å². The van der Waals surface area contributed by atoms with Crippen LogP contribution in [0.1, 0.15) is 15.9 Å². The molecule has 29 heavy (non-hydrogen) atoms. The zero-order valence-corrected chi connectivity index (χ0v) is 16.2. The summed E-state index contributed by atoms with van der Waals surface area (Å²) in [6.07, 6.45) is 1.71. The molecule has 1 aromatic heterocycles. The molecule has 0 saturated heterocycles. The van der Waals surface area contributed by atoms with Gasteiger partial charge in [0.2, 0.25) is 0 Å². The number of aromatic nitrogens is 2. The van der Waals surface area contributed by atoms with Gasteiger partial charge in [-0.15, -0.1) is 0 Å². The third-order valence-corrected chi connectivity index (χ3v) is 4.72. The zero-order valence-electron chi connectivity index (χ0n) is 15.4. The van der Waals surface area contributed by atoms with Crippen molar-refractivity contribution in [1.29, 1.82) is 0 Å². The molecule has 0 aliphatic carbocycles. The number of halogens is 1. The Bertz CT molecular complexity index is 1140. The molecule has 0 radical (unpaired) electrons. The highest BCUT2D eigenvalue weighted by Gasteiger charge is 2.19. The molecule has 0 unspecified atom stereocenters. The molecule has 3 aromatic carbocycles. The predicted molar refractivity (Wildman–Crippen MR) is 114 cm³/mol. The second-order valence-electron chi connectivity index (χ2n) is 6.49. The predicted octanol–water partition coefficient (Wildman–Crippen LogP) is 4.94. The van der Waals surface area contributed by atoms with Gasteiger partial charge in [0.15, 0.2) is 0 Å². The lowest BCUT2D eigenvalue weighted by Crippen LogP contribution is -2.12. The van der Waals surface area contributed by atoms with Gasteiger partial charge in [-0.2, -0.15) is 5.10 Å². The van der Waals surface area contributed by atoms with Gasteiger partial charge in [0.1, 0.15) is 5.69 Å². The lowest BCUT2D eigenvalue weighted by Gasteiger charge is -2.07. The Hall–Kier alpha value is -3.41. The molecule has 4 rings (SSSR count). The van der Waals surface area contributed by atoms with E-state index in [-0.39, 0.29) is 12.5 Å². The van der Waals surface area contributed by atoms with Crippen LogP contribution in [0.15, 0.2) is 85.1 Å². The highest BCUT2D eigenvalue weighted by Crippen LogP contribution is 2.26. The van der Waals surface area contributed by atoms with Crippen molar-refractivity contribution < 1.29 is 9.90 Å². The second kappa shape index (κ2) is 8.31. The van der Waals surface area contributed by atoms with Crippen LogP contribution in [0.4, 0.5) is 5.69 Å². The maximum Gasteiger partial charge on any atom is 0.259 e. The van der Waals surface area contributed by atoms with Gasteiger partial charge in [-0.1, -0.05) is 54.1 Å². The Kier molecular flexibility index (Phi) is 5.42. The summed E-state index contributed by atoms with van der Waals surface area (Å²) < 4.78 is 1.68. The number of hydrogen-bond donors (Lipinski definition) is 2. The normalized spacial score (nSPS) is 10.7. The zero-order chi connectivity index (χ0) is 20.2. The van der Waals surface area contributed by atoms with E-state index in [0.29, 0.717) is 22.0 Å². The molecule has 5 nitrogen and oxygen atoms in total. The molecule has 4 aromatic rings. The number of aliphatic hydroxyl groups is 1. The minimum Gasteiger partial charge on any atom is -0.392 e. The van der Waals surface area contributed by atoms with Crippen LogP contribution < -0.4 is 5.32 Å². The van der Waals surface area contributed by atoms with Crippen LogP contribution >= 0.6 is 11.6 Å². The average Bonchev–Trinajstić information content (AvgIpc) is 3.21. The lowest BCUT2D eigenvalue weighted by atomic mass is 10.1. The van der Waals surface area contributed by atoms with Crippen LogP contribution in [0.25, 0.3) is 16.9 Å². The van der Waals surface area contributed by atoms with Crippen molar-refractivity contribution in [2.24, 2.45) is 0 Å². The van der Waals surface area contributed by atoms with Gasteiger partial charge < -0.3 is 10.4 Å². The Morgan fingerprint density at radius 2 is 1.76 bits per heavy atom. The van der Waals surface area contributed by atoms with E-state index in [1.54, 1.807) is 47.3 Å². The number of rotatable bonds is 5. The Labute approximate surface area is 173 Å². The molecule has 0 atom stereocenters. The van der Waals surface area contributed by atoms with Crippen molar-refractivity contribution in [2.75, 3.05) is 5.32 Å². The summed E-state index contributed by atoms with van der Waals surface area (Å²) in [5.74, 6) is -0.285. The monoisotopic (exact) mass is 403 g/mol. The number of carbonyl (C=O) groups is 1. The van der Waals surface area contributed by atoms with E-state index in [2.05, 4.69) is 10.4 Å². The fourth-order valence-corrected chi connectivity index (χ4v) is 3.15. The maximum absolute atomic E-state index is 13.1. The number of aliphatic hydroxyl groups excluding tert-OH is 1. The van der Waals surface area contributed by atoms with Crippen LogP contribution in [0, 0.1) is 0 Å². The molecule has 0 saturated carbocycles. The topological polar surface area (TPSA) is 67.2 Å². The first kappa shape index (κ1) is 18.9. The van der Waals surface area contributed by atoms with Crippen LogP contribution in [0.2, 0.25) is 5.02 Å². The summed E-state index contributed by atoms with van der Waals surface area (Å²) in [7, 11) is 0. The Morgan fingerprint density at radius 3 is 2.48 bits per heavy atom. The van der Waals surface area contributed by atoms with Crippen LogP contribution in [0.5, 0.6) is 0 Å². The maximum atomic E-state index is 13.1. The van der Waals surface area contributed by atoms with Gasteiger partial charge in [0, 0.05) is 22.5 Å². The van der Waals surface area contributed by atoms with Gasteiger partial charge >= 0.3 is 0 Å². The summed E-state index contributed by atoms with van der Waals surface area (Å²) >= 11 is 6.01.